The smallest absolute Gasteiger partial charge is 0.125 e. The second kappa shape index (κ2) is 4.07. The van der Waals surface area contributed by atoms with Gasteiger partial charge in [-0.2, -0.15) is 0 Å². The Hall–Kier alpha value is -1.28. The second-order valence-corrected chi connectivity index (χ2v) is 3.95. The van der Waals surface area contributed by atoms with Crippen molar-refractivity contribution in [3.05, 3.63) is 35.4 Å². The third kappa shape index (κ3) is 2.39. The summed E-state index contributed by atoms with van der Waals surface area (Å²) in [5, 5.41) is 0. The van der Waals surface area contributed by atoms with E-state index in [2.05, 4.69) is 32.6 Å². The van der Waals surface area contributed by atoms with E-state index in [1.54, 1.807) is 0 Å². The molecule has 1 atom stereocenters. The van der Waals surface area contributed by atoms with Gasteiger partial charge in [-0.3, -0.25) is 0 Å². The summed E-state index contributed by atoms with van der Waals surface area (Å²) in [7, 11) is 0. The summed E-state index contributed by atoms with van der Waals surface area (Å²) in [5.41, 5.74) is 3.45. The summed E-state index contributed by atoms with van der Waals surface area (Å²) >= 11 is 0. The van der Waals surface area contributed by atoms with Gasteiger partial charge < -0.3 is 9.47 Å². The minimum absolute atomic E-state index is 0.308. The molecule has 0 spiro atoms. The highest BCUT2D eigenvalue weighted by molar-refractivity contribution is 5.54. The number of hydrogen-bond donors (Lipinski definition) is 0. The molecule has 1 aliphatic heterocycles. The van der Waals surface area contributed by atoms with Crippen LogP contribution in [0.5, 0.6) is 5.75 Å². The van der Waals surface area contributed by atoms with Crippen LogP contribution >= 0.6 is 0 Å². The topological polar surface area (TPSA) is 21.8 Å². The van der Waals surface area contributed by atoms with E-state index in [0.29, 0.717) is 12.7 Å². The Morgan fingerprint density at radius 2 is 2.07 bits per heavy atom. The molecule has 80 valence electrons. The fourth-order valence-corrected chi connectivity index (χ4v) is 1.67. The summed E-state index contributed by atoms with van der Waals surface area (Å²) in [6.45, 7) is 9.38. The Morgan fingerprint density at radius 3 is 2.53 bits per heavy atom. The quantitative estimate of drug-likeness (QED) is 0.703. The second-order valence-electron chi connectivity index (χ2n) is 3.95. The fourth-order valence-electron chi connectivity index (χ4n) is 1.67. The summed E-state index contributed by atoms with van der Waals surface area (Å²) < 4.78 is 10.8. The van der Waals surface area contributed by atoms with Gasteiger partial charge in [0.2, 0.25) is 0 Å². The molecule has 0 bridgehead atoms. The maximum atomic E-state index is 5.73. The molecule has 0 aliphatic carbocycles. The Balaban J connectivity index is 2.17. The lowest BCUT2D eigenvalue weighted by Crippen LogP contribution is -2.06. The first-order valence-electron chi connectivity index (χ1n) is 5.19. The molecule has 0 aromatic heterocycles. The molecule has 1 unspecified atom stereocenters. The maximum absolute atomic E-state index is 5.73. The third-order valence-electron chi connectivity index (χ3n) is 2.53. The summed E-state index contributed by atoms with van der Waals surface area (Å²) in [6, 6.07) is 4.17. The van der Waals surface area contributed by atoms with E-state index in [4.69, 9.17) is 9.47 Å². The number of aryl methyl sites for hydroxylation is 2. The minimum atomic E-state index is 0.308. The van der Waals surface area contributed by atoms with Crippen molar-refractivity contribution in [3.8, 4) is 5.75 Å². The first-order chi connectivity index (χ1) is 7.20. The molecule has 1 aromatic carbocycles. The van der Waals surface area contributed by atoms with Crippen LogP contribution < -0.4 is 4.74 Å². The average Bonchev–Trinajstić information content (AvgIpc) is 3.00. The molecule has 0 radical (unpaired) electrons. The minimum Gasteiger partial charge on any atom is -0.490 e. The lowest BCUT2D eigenvalue weighted by molar-refractivity contribution is 0.260. The van der Waals surface area contributed by atoms with Crippen LogP contribution in [0.25, 0.3) is 6.08 Å². The zero-order valence-corrected chi connectivity index (χ0v) is 9.25. The molecular formula is C13H16O2. The molecule has 2 nitrogen and oxygen atoms in total. The first kappa shape index (κ1) is 10.2. The van der Waals surface area contributed by atoms with E-state index in [1.165, 1.54) is 0 Å². The van der Waals surface area contributed by atoms with E-state index in [-0.39, 0.29) is 0 Å². The molecule has 0 saturated carbocycles. The van der Waals surface area contributed by atoms with E-state index in [0.717, 1.165) is 29.0 Å². The van der Waals surface area contributed by atoms with Crippen molar-refractivity contribution in [2.75, 3.05) is 13.2 Å². The van der Waals surface area contributed by atoms with Crippen LogP contribution in [0.15, 0.2) is 18.7 Å². The molecule has 2 rings (SSSR count). The molecule has 1 saturated heterocycles. The van der Waals surface area contributed by atoms with Crippen LogP contribution in [0.1, 0.15) is 16.7 Å². The van der Waals surface area contributed by atoms with Gasteiger partial charge in [-0.05, 0) is 42.7 Å². The summed E-state index contributed by atoms with van der Waals surface area (Å²) in [6.07, 6.45) is 2.16. The van der Waals surface area contributed by atoms with Crippen molar-refractivity contribution in [2.45, 2.75) is 20.0 Å². The number of benzene rings is 1. The molecule has 15 heavy (non-hydrogen) atoms. The zero-order chi connectivity index (χ0) is 10.8. The van der Waals surface area contributed by atoms with Crippen LogP contribution in [0.2, 0.25) is 0 Å². The first-order valence-corrected chi connectivity index (χ1v) is 5.19. The van der Waals surface area contributed by atoms with E-state index in [1.807, 2.05) is 6.08 Å². The number of rotatable bonds is 4. The monoisotopic (exact) mass is 204 g/mol. The van der Waals surface area contributed by atoms with Gasteiger partial charge in [0.15, 0.2) is 0 Å². The van der Waals surface area contributed by atoms with E-state index >= 15 is 0 Å². The number of ether oxygens (including phenoxy) is 2. The molecule has 0 N–H and O–H groups in total. The largest absolute Gasteiger partial charge is 0.490 e. The Kier molecular flexibility index (Phi) is 2.78. The van der Waals surface area contributed by atoms with Crippen LogP contribution in [-0.2, 0) is 4.74 Å². The summed E-state index contributed by atoms with van der Waals surface area (Å²) in [4.78, 5) is 0. The van der Waals surface area contributed by atoms with Crippen LogP contribution in [-0.4, -0.2) is 19.3 Å². The van der Waals surface area contributed by atoms with Crippen LogP contribution in [0.3, 0.4) is 0 Å². The van der Waals surface area contributed by atoms with Crippen molar-refractivity contribution < 1.29 is 9.47 Å². The predicted octanol–water partition coefficient (Wildman–Crippen LogP) is 2.72. The van der Waals surface area contributed by atoms with Gasteiger partial charge >= 0.3 is 0 Å². The average molecular weight is 204 g/mol. The van der Waals surface area contributed by atoms with E-state index < -0.39 is 0 Å². The van der Waals surface area contributed by atoms with E-state index in [9.17, 15) is 0 Å². The molecule has 1 aromatic rings. The van der Waals surface area contributed by atoms with Crippen LogP contribution in [0.4, 0.5) is 0 Å². The lowest BCUT2D eigenvalue weighted by Gasteiger charge is -2.12. The Morgan fingerprint density at radius 1 is 1.47 bits per heavy atom. The van der Waals surface area contributed by atoms with Gasteiger partial charge in [0, 0.05) is 0 Å². The molecular weight excluding hydrogens is 188 g/mol. The lowest BCUT2D eigenvalue weighted by atomic mass is 10.1. The normalized spacial score (nSPS) is 18.7. The van der Waals surface area contributed by atoms with Crippen molar-refractivity contribution in [2.24, 2.45) is 0 Å². The van der Waals surface area contributed by atoms with Crippen molar-refractivity contribution >= 4 is 6.08 Å². The molecule has 1 heterocycles. The number of hydrogen-bond acceptors (Lipinski definition) is 2. The van der Waals surface area contributed by atoms with Crippen molar-refractivity contribution in [1.82, 2.24) is 0 Å². The maximum Gasteiger partial charge on any atom is 0.125 e. The van der Waals surface area contributed by atoms with Crippen molar-refractivity contribution in [1.29, 1.82) is 0 Å². The highest BCUT2D eigenvalue weighted by Gasteiger charge is 2.23. The third-order valence-corrected chi connectivity index (χ3v) is 2.53. The predicted molar refractivity (Wildman–Crippen MR) is 61.2 cm³/mol. The highest BCUT2D eigenvalue weighted by atomic mass is 16.6. The number of epoxide rings is 1. The van der Waals surface area contributed by atoms with Gasteiger partial charge in [0.05, 0.1) is 6.61 Å². The van der Waals surface area contributed by atoms with Gasteiger partial charge in [-0.25, -0.2) is 0 Å². The fraction of sp³-hybridized carbons (Fsp3) is 0.385. The zero-order valence-electron chi connectivity index (χ0n) is 9.25. The molecule has 0 amide bonds. The van der Waals surface area contributed by atoms with Gasteiger partial charge in [-0.1, -0.05) is 12.7 Å². The Labute approximate surface area is 90.5 Å². The standard InChI is InChI=1S/C13H16O2/c1-4-11-5-9(2)13(10(3)6-11)15-8-12-7-14-12/h4-6,12H,1,7-8H2,2-3H3. The highest BCUT2D eigenvalue weighted by Crippen LogP contribution is 2.26. The molecule has 1 fully saturated rings. The summed E-state index contributed by atoms with van der Waals surface area (Å²) in [5.74, 6) is 0.983. The van der Waals surface area contributed by atoms with Gasteiger partial charge in [-0.15, -0.1) is 0 Å². The molecule has 2 heteroatoms. The van der Waals surface area contributed by atoms with Gasteiger partial charge in [0.1, 0.15) is 18.5 Å². The van der Waals surface area contributed by atoms with Gasteiger partial charge in [0.25, 0.3) is 0 Å². The molecule has 1 aliphatic rings. The SMILES string of the molecule is C=Cc1cc(C)c(OCC2CO2)c(C)c1. The Bertz CT molecular complexity index is 355. The van der Waals surface area contributed by atoms with Crippen molar-refractivity contribution in [3.63, 3.8) is 0 Å². The van der Waals surface area contributed by atoms with Crippen LogP contribution in [0, 0.1) is 13.8 Å².